The molecular weight excluding hydrogens is 193 g/mol. The summed E-state index contributed by atoms with van der Waals surface area (Å²) in [6.45, 7) is -0.535. The van der Waals surface area contributed by atoms with E-state index in [0.717, 1.165) is 0 Å². The van der Waals surface area contributed by atoms with Gasteiger partial charge in [0.05, 0.1) is 13.8 Å². The summed E-state index contributed by atoms with van der Waals surface area (Å²) < 4.78 is 42.7. The number of aryl methyl sites for hydroxylation is 1. The molecule has 78 valence electrons. The number of ether oxygens (including phenoxy) is 1. The van der Waals surface area contributed by atoms with Crippen LogP contribution in [-0.2, 0) is 6.42 Å². The molecule has 0 aliphatic carbocycles. The van der Waals surface area contributed by atoms with Gasteiger partial charge in [-0.2, -0.15) is 4.39 Å². The zero-order valence-corrected chi connectivity index (χ0v) is 7.82. The van der Waals surface area contributed by atoms with E-state index in [1.165, 1.54) is 19.2 Å². The lowest BCUT2D eigenvalue weighted by Crippen LogP contribution is -1.98. The molecule has 0 aliphatic heterocycles. The molecule has 0 atom stereocenters. The summed E-state index contributed by atoms with van der Waals surface area (Å²) in [6.07, 6.45) is 0.395. The van der Waals surface area contributed by atoms with Crippen molar-refractivity contribution in [1.82, 2.24) is 0 Å². The maximum atomic E-state index is 13.2. The van der Waals surface area contributed by atoms with E-state index in [9.17, 15) is 13.2 Å². The Bertz CT molecular complexity index is 312. The predicted molar refractivity (Wildman–Crippen MR) is 47.2 cm³/mol. The minimum atomic E-state index is -1.01. The second-order valence-electron chi connectivity index (χ2n) is 2.85. The largest absolute Gasteiger partial charge is 0.494 e. The molecule has 14 heavy (non-hydrogen) atoms. The Kier molecular flexibility index (Phi) is 3.80. The summed E-state index contributed by atoms with van der Waals surface area (Å²) in [7, 11) is 1.26. The number of hydrogen-bond acceptors (Lipinski definition) is 1. The number of rotatable bonds is 4. The molecule has 0 radical (unpaired) electrons. The summed E-state index contributed by atoms with van der Waals surface area (Å²) in [5.41, 5.74) is 0.181. The number of halogens is 3. The van der Waals surface area contributed by atoms with Gasteiger partial charge in [0, 0.05) is 0 Å². The van der Waals surface area contributed by atoms with Gasteiger partial charge in [-0.15, -0.1) is 0 Å². The average Bonchev–Trinajstić information content (AvgIpc) is 2.20. The highest BCUT2D eigenvalue weighted by atomic mass is 19.2. The summed E-state index contributed by atoms with van der Waals surface area (Å²) >= 11 is 0. The first-order valence-electron chi connectivity index (χ1n) is 4.27. The second-order valence-corrected chi connectivity index (χ2v) is 2.85. The van der Waals surface area contributed by atoms with E-state index >= 15 is 0 Å². The second kappa shape index (κ2) is 4.88. The van der Waals surface area contributed by atoms with E-state index in [2.05, 4.69) is 4.74 Å². The van der Waals surface area contributed by atoms with E-state index in [1.807, 2.05) is 0 Å². The van der Waals surface area contributed by atoms with Crippen molar-refractivity contribution >= 4 is 0 Å². The van der Waals surface area contributed by atoms with Gasteiger partial charge in [0.25, 0.3) is 0 Å². The molecule has 4 heteroatoms. The first-order valence-corrected chi connectivity index (χ1v) is 4.27. The van der Waals surface area contributed by atoms with Crippen molar-refractivity contribution in [3.05, 3.63) is 29.3 Å². The number of benzene rings is 1. The van der Waals surface area contributed by atoms with Gasteiger partial charge < -0.3 is 4.74 Å². The van der Waals surface area contributed by atoms with Crippen molar-refractivity contribution < 1.29 is 17.9 Å². The van der Waals surface area contributed by atoms with Gasteiger partial charge in [0.2, 0.25) is 5.82 Å². The Labute approximate surface area is 80.5 Å². The van der Waals surface area contributed by atoms with E-state index in [0.29, 0.717) is 0 Å². The molecule has 0 saturated carbocycles. The van der Waals surface area contributed by atoms with E-state index in [-0.39, 0.29) is 24.2 Å². The molecule has 1 aromatic carbocycles. The summed E-state index contributed by atoms with van der Waals surface area (Å²) in [6, 6.07) is 2.75. The molecular formula is C10H11F3O. The zero-order chi connectivity index (χ0) is 10.6. The Hall–Kier alpha value is -1.19. The lowest BCUT2D eigenvalue weighted by molar-refractivity contribution is 0.369. The Balaban J connectivity index is 2.92. The number of alkyl halides is 1. The summed E-state index contributed by atoms with van der Waals surface area (Å²) in [5.74, 6) is -2.09. The molecule has 0 bridgehead atoms. The Morgan fingerprint density at radius 3 is 2.50 bits per heavy atom. The van der Waals surface area contributed by atoms with Crippen molar-refractivity contribution in [2.75, 3.05) is 13.8 Å². The van der Waals surface area contributed by atoms with E-state index in [1.54, 1.807) is 0 Å². The lowest BCUT2D eigenvalue weighted by Gasteiger charge is -2.06. The van der Waals surface area contributed by atoms with Crippen LogP contribution in [0.5, 0.6) is 5.75 Å². The van der Waals surface area contributed by atoms with Crippen LogP contribution in [-0.4, -0.2) is 13.8 Å². The van der Waals surface area contributed by atoms with Crippen LogP contribution in [0.4, 0.5) is 13.2 Å². The topological polar surface area (TPSA) is 9.23 Å². The van der Waals surface area contributed by atoms with Crippen molar-refractivity contribution in [1.29, 1.82) is 0 Å². The standard InChI is InChI=1S/C10H11F3O/c1-14-8-5-4-7(3-2-6-11)9(12)10(8)13/h4-5H,2-3,6H2,1H3. The highest BCUT2D eigenvalue weighted by molar-refractivity contribution is 5.31. The molecule has 0 heterocycles. The maximum absolute atomic E-state index is 13.2. The first kappa shape index (κ1) is 10.9. The molecule has 0 amide bonds. The van der Waals surface area contributed by atoms with Crippen molar-refractivity contribution in [2.24, 2.45) is 0 Å². The van der Waals surface area contributed by atoms with Gasteiger partial charge in [-0.3, -0.25) is 4.39 Å². The third-order valence-electron chi connectivity index (χ3n) is 1.93. The Morgan fingerprint density at radius 2 is 1.93 bits per heavy atom. The maximum Gasteiger partial charge on any atom is 0.200 e. The van der Waals surface area contributed by atoms with Crippen LogP contribution < -0.4 is 4.74 Å². The molecule has 0 fully saturated rings. The molecule has 1 aromatic rings. The van der Waals surface area contributed by atoms with E-state index < -0.39 is 18.3 Å². The van der Waals surface area contributed by atoms with Gasteiger partial charge >= 0.3 is 0 Å². The fraction of sp³-hybridized carbons (Fsp3) is 0.400. The summed E-state index contributed by atoms with van der Waals surface area (Å²) in [5, 5.41) is 0. The molecule has 0 spiro atoms. The molecule has 1 rings (SSSR count). The smallest absolute Gasteiger partial charge is 0.200 e. The average molecular weight is 204 g/mol. The molecule has 0 saturated heterocycles. The molecule has 0 unspecified atom stereocenters. The van der Waals surface area contributed by atoms with E-state index in [4.69, 9.17) is 0 Å². The van der Waals surface area contributed by atoms with Crippen LogP contribution in [0.15, 0.2) is 12.1 Å². The lowest BCUT2D eigenvalue weighted by atomic mass is 10.1. The van der Waals surface area contributed by atoms with Gasteiger partial charge in [-0.05, 0) is 24.5 Å². The highest BCUT2D eigenvalue weighted by Gasteiger charge is 2.13. The normalized spacial score (nSPS) is 10.3. The van der Waals surface area contributed by atoms with Crippen LogP contribution in [0.3, 0.4) is 0 Å². The number of methoxy groups -OCH3 is 1. The monoisotopic (exact) mass is 204 g/mol. The van der Waals surface area contributed by atoms with Crippen LogP contribution in [0, 0.1) is 11.6 Å². The van der Waals surface area contributed by atoms with Crippen molar-refractivity contribution in [3.8, 4) is 5.75 Å². The van der Waals surface area contributed by atoms with Crippen molar-refractivity contribution in [2.45, 2.75) is 12.8 Å². The van der Waals surface area contributed by atoms with Crippen LogP contribution >= 0.6 is 0 Å². The highest BCUT2D eigenvalue weighted by Crippen LogP contribution is 2.22. The van der Waals surface area contributed by atoms with Crippen LogP contribution in [0.1, 0.15) is 12.0 Å². The van der Waals surface area contributed by atoms with Crippen LogP contribution in [0.25, 0.3) is 0 Å². The van der Waals surface area contributed by atoms with Gasteiger partial charge in [-0.25, -0.2) is 4.39 Å². The Morgan fingerprint density at radius 1 is 1.21 bits per heavy atom. The van der Waals surface area contributed by atoms with Gasteiger partial charge in [0.1, 0.15) is 0 Å². The van der Waals surface area contributed by atoms with Gasteiger partial charge in [-0.1, -0.05) is 6.07 Å². The predicted octanol–water partition coefficient (Wildman–Crippen LogP) is 2.88. The SMILES string of the molecule is COc1ccc(CCCF)c(F)c1F. The number of hydrogen-bond donors (Lipinski definition) is 0. The first-order chi connectivity index (χ1) is 6.70. The molecule has 0 N–H and O–H groups in total. The minimum absolute atomic E-state index is 0.133. The van der Waals surface area contributed by atoms with Gasteiger partial charge in [0.15, 0.2) is 11.6 Å². The zero-order valence-electron chi connectivity index (χ0n) is 7.82. The van der Waals surface area contributed by atoms with Crippen molar-refractivity contribution in [3.63, 3.8) is 0 Å². The fourth-order valence-corrected chi connectivity index (χ4v) is 1.18. The fourth-order valence-electron chi connectivity index (χ4n) is 1.18. The molecule has 0 aromatic heterocycles. The third-order valence-corrected chi connectivity index (χ3v) is 1.93. The molecule has 1 nitrogen and oxygen atoms in total. The summed E-state index contributed by atoms with van der Waals surface area (Å²) in [4.78, 5) is 0. The molecule has 0 aliphatic rings. The van der Waals surface area contributed by atoms with Crippen LogP contribution in [0.2, 0.25) is 0 Å². The minimum Gasteiger partial charge on any atom is -0.494 e. The third kappa shape index (κ3) is 2.19. The quantitative estimate of drug-likeness (QED) is 0.732.